The maximum Gasteiger partial charge on any atom is 0.313 e. The third-order valence-corrected chi connectivity index (χ3v) is 4.27. The third-order valence-electron chi connectivity index (χ3n) is 3.10. The van der Waals surface area contributed by atoms with E-state index in [4.69, 9.17) is 16.7 Å². The summed E-state index contributed by atoms with van der Waals surface area (Å²) in [4.78, 5) is 22.4. The van der Waals surface area contributed by atoms with Gasteiger partial charge in [-0.25, -0.2) is 4.98 Å². The molecule has 0 saturated heterocycles. The summed E-state index contributed by atoms with van der Waals surface area (Å²) < 4.78 is 0. The topological polar surface area (TPSA) is 78.9 Å². The van der Waals surface area contributed by atoms with E-state index in [-0.39, 0.29) is 5.75 Å². The van der Waals surface area contributed by atoms with E-state index in [0.29, 0.717) is 10.2 Å². The van der Waals surface area contributed by atoms with Crippen LogP contribution in [0.25, 0.3) is 22.2 Å². The Bertz CT molecular complexity index is 846. The number of carbonyl (C=O) groups is 1. The molecule has 1 aromatic carbocycles. The van der Waals surface area contributed by atoms with Crippen LogP contribution in [0.3, 0.4) is 0 Å². The predicted octanol–water partition coefficient (Wildman–Crippen LogP) is 3.76. The van der Waals surface area contributed by atoms with E-state index in [1.165, 1.54) is 0 Å². The molecule has 5 nitrogen and oxygen atoms in total. The standard InChI is InChI=1S/C15H12ClN3O2S/c1-8-2-3-9(6-17-8)10-4-12-13(5-11(10)16)19-15(18-12)22-7-14(20)21/h2-6H,7H2,1H3,(H,18,19)(H,20,21). The van der Waals surface area contributed by atoms with Crippen molar-refractivity contribution in [1.29, 1.82) is 0 Å². The van der Waals surface area contributed by atoms with Crippen molar-refractivity contribution in [3.8, 4) is 11.1 Å². The number of nitrogens with one attached hydrogen (secondary N) is 1. The van der Waals surface area contributed by atoms with Gasteiger partial charge < -0.3 is 10.1 Å². The summed E-state index contributed by atoms with van der Waals surface area (Å²) in [7, 11) is 0. The molecule has 0 aliphatic carbocycles. The first-order valence-electron chi connectivity index (χ1n) is 6.50. The van der Waals surface area contributed by atoms with Crippen LogP contribution in [0.2, 0.25) is 5.02 Å². The van der Waals surface area contributed by atoms with Crippen molar-refractivity contribution in [2.24, 2.45) is 0 Å². The zero-order chi connectivity index (χ0) is 15.7. The number of hydrogen-bond donors (Lipinski definition) is 2. The first-order chi connectivity index (χ1) is 10.5. The number of aliphatic carboxylic acids is 1. The lowest BCUT2D eigenvalue weighted by atomic mass is 10.1. The number of H-pyrrole nitrogens is 1. The van der Waals surface area contributed by atoms with Gasteiger partial charge in [-0.3, -0.25) is 9.78 Å². The summed E-state index contributed by atoms with van der Waals surface area (Å²) in [5, 5.41) is 9.88. The number of fused-ring (bicyclic) bond motifs is 1. The molecule has 0 aliphatic rings. The first kappa shape index (κ1) is 14.9. The number of hydrogen-bond acceptors (Lipinski definition) is 4. The Balaban J connectivity index is 2.00. The molecule has 112 valence electrons. The Morgan fingerprint density at radius 2 is 2.23 bits per heavy atom. The van der Waals surface area contributed by atoms with Gasteiger partial charge >= 0.3 is 5.97 Å². The van der Waals surface area contributed by atoms with Gasteiger partial charge in [0.25, 0.3) is 0 Å². The van der Waals surface area contributed by atoms with Crippen molar-refractivity contribution in [1.82, 2.24) is 15.0 Å². The van der Waals surface area contributed by atoms with Gasteiger partial charge in [-0.15, -0.1) is 0 Å². The molecular formula is C15H12ClN3O2S. The number of pyridine rings is 1. The minimum Gasteiger partial charge on any atom is -0.481 e. The van der Waals surface area contributed by atoms with Gasteiger partial charge in [-0.2, -0.15) is 0 Å². The fourth-order valence-electron chi connectivity index (χ4n) is 2.05. The summed E-state index contributed by atoms with van der Waals surface area (Å²) in [5.41, 5.74) is 4.23. The predicted molar refractivity (Wildman–Crippen MR) is 87.4 cm³/mol. The summed E-state index contributed by atoms with van der Waals surface area (Å²) >= 11 is 7.48. The quantitative estimate of drug-likeness (QED) is 0.711. The number of nitrogens with zero attached hydrogens (tertiary/aromatic N) is 2. The number of rotatable bonds is 4. The molecule has 2 N–H and O–H groups in total. The molecule has 0 fully saturated rings. The fraction of sp³-hybridized carbons (Fsp3) is 0.133. The Hall–Kier alpha value is -2.05. The van der Waals surface area contributed by atoms with Gasteiger partial charge in [0.1, 0.15) is 0 Å². The van der Waals surface area contributed by atoms with Crippen LogP contribution >= 0.6 is 23.4 Å². The van der Waals surface area contributed by atoms with E-state index in [1.54, 1.807) is 12.3 Å². The van der Waals surface area contributed by atoms with Gasteiger partial charge in [0, 0.05) is 23.0 Å². The molecule has 0 unspecified atom stereocenters. The second kappa shape index (κ2) is 5.98. The molecule has 3 aromatic rings. The summed E-state index contributed by atoms with van der Waals surface area (Å²) in [6.07, 6.45) is 1.77. The lowest BCUT2D eigenvalue weighted by Crippen LogP contribution is -1.97. The van der Waals surface area contributed by atoms with Crippen LogP contribution in [0.5, 0.6) is 0 Å². The van der Waals surface area contributed by atoms with E-state index in [2.05, 4.69) is 15.0 Å². The zero-order valence-electron chi connectivity index (χ0n) is 11.6. The number of imidazole rings is 1. The number of benzene rings is 1. The molecule has 22 heavy (non-hydrogen) atoms. The summed E-state index contributed by atoms with van der Waals surface area (Å²) in [6.45, 7) is 1.92. The van der Waals surface area contributed by atoms with Crippen LogP contribution in [0.4, 0.5) is 0 Å². The largest absolute Gasteiger partial charge is 0.481 e. The van der Waals surface area contributed by atoms with Crippen molar-refractivity contribution in [3.63, 3.8) is 0 Å². The Morgan fingerprint density at radius 1 is 1.41 bits per heavy atom. The highest BCUT2D eigenvalue weighted by Gasteiger charge is 2.11. The number of carboxylic acids is 1. The lowest BCUT2D eigenvalue weighted by molar-refractivity contribution is -0.133. The van der Waals surface area contributed by atoms with Crippen molar-refractivity contribution in [3.05, 3.63) is 41.2 Å². The van der Waals surface area contributed by atoms with E-state index in [1.807, 2.05) is 25.1 Å². The van der Waals surface area contributed by atoms with Gasteiger partial charge in [0.15, 0.2) is 5.16 Å². The molecule has 7 heteroatoms. The Labute approximate surface area is 135 Å². The van der Waals surface area contributed by atoms with Crippen molar-refractivity contribution < 1.29 is 9.90 Å². The van der Waals surface area contributed by atoms with E-state index < -0.39 is 5.97 Å². The summed E-state index contributed by atoms with van der Waals surface area (Å²) in [6, 6.07) is 7.56. The van der Waals surface area contributed by atoms with Gasteiger partial charge in [0.05, 0.1) is 21.8 Å². The van der Waals surface area contributed by atoms with E-state index >= 15 is 0 Å². The van der Waals surface area contributed by atoms with Crippen LogP contribution in [-0.2, 0) is 4.79 Å². The summed E-state index contributed by atoms with van der Waals surface area (Å²) in [5.74, 6) is -0.919. The molecular weight excluding hydrogens is 322 g/mol. The van der Waals surface area contributed by atoms with E-state index in [0.717, 1.165) is 39.6 Å². The Kier molecular flexibility index (Phi) is 4.04. The molecule has 0 aliphatic heterocycles. The number of aromatic nitrogens is 3. The van der Waals surface area contributed by atoms with Crippen LogP contribution in [0, 0.1) is 6.92 Å². The molecule has 0 bridgehead atoms. The molecule has 2 aromatic heterocycles. The molecule has 0 radical (unpaired) electrons. The molecule has 0 atom stereocenters. The van der Waals surface area contributed by atoms with Crippen LogP contribution in [0.1, 0.15) is 5.69 Å². The average Bonchev–Trinajstić information content (AvgIpc) is 2.87. The third kappa shape index (κ3) is 3.08. The van der Waals surface area contributed by atoms with Crippen LogP contribution < -0.4 is 0 Å². The van der Waals surface area contributed by atoms with Crippen LogP contribution in [-0.4, -0.2) is 31.8 Å². The SMILES string of the molecule is Cc1ccc(-c2cc3nc(SCC(=O)O)[nH]c3cc2Cl)cn1. The maximum absolute atomic E-state index is 10.6. The molecule has 0 amide bonds. The molecule has 0 saturated carbocycles. The number of aryl methyl sites for hydroxylation is 1. The smallest absolute Gasteiger partial charge is 0.313 e. The van der Waals surface area contributed by atoms with Crippen LogP contribution in [0.15, 0.2) is 35.6 Å². The number of carboxylic acid groups (broad SMARTS) is 1. The zero-order valence-corrected chi connectivity index (χ0v) is 13.2. The maximum atomic E-state index is 10.6. The van der Waals surface area contributed by atoms with Crippen molar-refractivity contribution in [2.75, 3.05) is 5.75 Å². The fourth-order valence-corrected chi connectivity index (χ4v) is 2.93. The normalized spacial score (nSPS) is 11.0. The second-order valence-corrected chi connectivity index (χ2v) is 6.13. The number of thioether (sulfide) groups is 1. The first-order valence-corrected chi connectivity index (χ1v) is 7.86. The number of aromatic amines is 1. The van der Waals surface area contributed by atoms with Gasteiger partial charge in [-0.05, 0) is 25.1 Å². The van der Waals surface area contributed by atoms with Crippen molar-refractivity contribution >= 4 is 40.4 Å². The van der Waals surface area contributed by atoms with Crippen molar-refractivity contribution in [2.45, 2.75) is 12.1 Å². The van der Waals surface area contributed by atoms with Gasteiger partial charge in [0.2, 0.25) is 0 Å². The average molecular weight is 334 g/mol. The lowest BCUT2D eigenvalue weighted by Gasteiger charge is -2.04. The minimum atomic E-state index is -0.880. The highest BCUT2D eigenvalue weighted by atomic mass is 35.5. The van der Waals surface area contributed by atoms with Gasteiger partial charge in [-0.1, -0.05) is 29.4 Å². The molecule has 2 heterocycles. The highest BCUT2D eigenvalue weighted by Crippen LogP contribution is 2.32. The monoisotopic (exact) mass is 333 g/mol. The molecule has 3 rings (SSSR count). The molecule has 0 spiro atoms. The van der Waals surface area contributed by atoms with E-state index in [9.17, 15) is 4.79 Å². The Morgan fingerprint density at radius 3 is 2.91 bits per heavy atom. The second-order valence-electron chi connectivity index (χ2n) is 4.76. The highest BCUT2D eigenvalue weighted by molar-refractivity contribution is 7.99. The minimum absolute atomic E-state index is 0.0394. The number of halogens is 1.